The highest BCUT2D eigenvalue weighted by Gasteiger charge is 2.52. The molecule has 7 rings (SSSR count). The van der Waals surface area contributed by atoms with E-state index in [0.717, 1.165) is 0 Å². The molecule has 300 valence electrons. The lowest BCUT2D eigenvalue weighted by Gasteiger charge is -2.49. The van der Waals surface area contributed by atoms with E-state index in [0.29, 0.717) is 12.8 Å². The number of fused-ring (bicyclic) bond motifs is 3. The van der Waals surface area contributed by atoms with Crippen molar-refractivity contribution in [2.75, 3.05) is 14.1 Å². The van der Waals surface area contributed by atoms with Crippen LogP contribution >= 0.6 is 0 Å². The molecule has 15 nitrogen and oxygen atoms in total. The number of hydrogen-bond acceptors (Lipinski definition) is 15. The Kier molecular flexibility index (Phi) is 11.0. The molecule has 3 saturated heterocycles. The van der Waals surface area contributed by atoms with Crippen LogP contribution in [0.15, 0.2) is 24.3 Å². The number of likely N-dealkylation sites (N-methyl/N-ethyl adjacent to an activating group) is 1. The standard InChI is InChI=1S/C40H51NO14/c1-7-40(49)16-27(45)21-13-22-32(34(46)20-9-8-10-25(43)31(20)35(22)47)36(48)33(21)39(40)55-29-14-23(41(5)6)37(18(3)51-29)54-30-15-26(44)38(19(4)52-30)53-28-12-11-24(42)17(2)50-28/h8-10,13,17-19,23,26-30,37-39,43-45,48-49H,7,11-12,14-16H2,1-6H3/t17?,18?,19?,23?,26?,27?,28?,29?,30?,37?,38?,39?,40-/m1/s1. The van der Waals surface area contributed by atoms with Gasteiger partial charge in [-0.05, 0) is 59.0 Å². The van der Waals surface area contributed by atoms with Crippen LogP contribution in [0.3, 0.4) is 0 Å². The maximum atomic E-state index is 13.8. The van der Waals surface area contributed by atoms with Crippen LogP contribution in [0.1, 0.15) is 121 Å². The summed E-state index contributed by atoms with van der Waals surface area (Å²) in [5, 5.41) is 56.7. The normalized spacial score (nSPS) is 37.7. The van der Waals surface area contributed by atoms with Crippen LogP contribution in [0.25, 0.3) is 0 Å². The SMILES string of the molecule is CC[C@@]1(O)CC(O)c2cc3c(c(O)c2C1OC1CC(N(C)C)C(OC2CC(O)C(OC4CCC(=O)C(C)O4)C(C)O2)C(C)O1)C(=O)c1cccc(O)c1C3=O. The summed E-state index contributed by atoms with van der Waals surface area (Å²) in [6.07, 6.45) is -7.94. The van der Waals surface area contributed by atoms with Gasteiger partial charge >= 0.3 is 0 Å². The molecular weight excluding hydrogens is 718 g/mol. The molecule has 0 amide bonds. The monoisotopic (exact) mass is 769 g/mol. The number of phenolic OH excluding ortho intramolecular Hbond substituents is 2. The van der Waals surface area contributed by atoms with Crippen molar-refractivity contribution in [3.63, 3.8) is 0 Å². The van der Waals surface area contributed by atoms with E-state index < -0.39 is 90.6 Å². The Hall–Kier alpha value is -3.35. The first-order valence-corrected chi connectivity index (χ1v) is 19.0. The van der Waals surface area contributed by atoms with Crippen molar-refractivity contribution in [3.05, 3.63) is 57.6 Å². The number of ether oxygens (including phenoxy) is 6. The highest BCUT2D eigenvalue weighted by molar-refractivity contribution is 6.30. The number of ketones is 3. The fourth-order valence-electron chi connectivity index (χ4n) is 8.80. The minimum absolute atomic E-state index is 0.0111. The number of aliphatic hydroxyl groups excluding tert-OH is 2. The molecule has 15 heteroatoms. The van der Waals surface area contributed by atoms with Gasteiger partial charge in [0.2, 0.25) is 0 Å². The Balaban J connectivity index is 1.10. The van der Waals surface area contributed by atoms with Crippen LogP contribution in [0.4, 0.5) is 0 Å². The predicted molar refractivity (Wildman–Crippen MR) is 191 cm³/mol. The fourth-order valence-corrected chi connectivity index (χ4v) is 8.80. The van der Waals surface area contributed by atoms with E-state index in [-0.39, 0.29) is 76.6 Å². The van der Waals surface area contributed by atoms with Gasteiger partial charge in [0.25, 0.3) is 0 Å². The van der Waals surface area contributed by atoms with Gasteiger partial charge in [0.15, 0.2) is 36.2 Å². The van der Waals surface area contributed by atoms with E-state index in [1.54, 1.807) is 20.8 Å². The van der Waals surface area contributed by atoms with Crippen LogP contribution in [0.5, 0.6) is 11.5 Å². The average Bonchev–Trinajstić information content (AvgIpc) is 3.12. The maximum Gasteiger partial charge on any atom is 0.198 e. The van der Waals surface area contributed by atoms with Crippen molar-refractivity contribution < 1.29 is 68.3 Å². The molecule has 2 aliphatic carbocycles. The molecule has 0 spiro atoms. The van der Waals surface area contributed by atoms with Crippen molar-refractivity contribution >= 4 is 17.3 Å². The Morgan fingerprint density at radius 3 is 2.16 bits per heavy atom. The highest BCUT2D eigenvalue weighted by Crippen LogP contribution is 2.53. The van der Waals surface area contributed by atoms with Crippen LogP contribution in [0, 0.1) is 0 Å². The molecule has 2 aromatic carbocycles. The topological polar surface area (TPSA) is 211 Å². The molecule has 5 aliphatic rings. The molecule has 55 heavy (non-hydrogen) atoms. The maximum absolute atomic E-state index is 13.8. The van der Waals surface area contributed by atoms with Gasteiger partial charge in [-0.25, -0.2) is 0 Å². The Labute approximate surface area is 319 Å². The van der Waals surface area contributed by atoms with Crippen LogP contribution in [-0.4, -0.2) is 129 Å². The van der Waals surface area contributed by atoms with Gasteiger partial charge in [0, 0.05) is 54.8 Å². The second-order valence-corrected chi connectivity index (χ2v) is 15.7. The summed E-state index contributed by atoms with van der Waals surface area (Å²) in [5.74, 6) is -2.32. The molecule has 0 saturated carbocycles. The van der Waals surface area contributed by atoms with Crippen molar-refractivity contribution in [2.24, 2.45) is 0 Å². The van der Waals surface area contributed by atoms with Crippen molar-refractivity contribution in [1.29, 1.82) is 0 Å². The molecule has 3 heterocycles. The van der Waals surface area contributed by atoms with Crippen LogP contribution in [-0.2, 0) is 33.2 Å². The number of carbonyl (C=O) groups excluding carboxylic acids is 3. The third-order valence-corrected chi connectivity index (χ3v) is 11.9. The van der Waals surface area contributed by atoms with E-state index in [4.69, 9.17) is 28.4 Å². The number of nitrogens with zero attached hydrogens (tertiary/aromatic N) is 1. The number of carbonyl (C=O) groups is 3. The Morgan fingerprint density at radius 2 is 1.51 bits per heavy atom. The van der Waals surface area contributed by atoms with Crippen LogP contribution in [0.2, 0.25) is 0 Å². The predicted octanol–water partition coefficient (Wildman–Crippen LogP) is 2.93. The zero-order chi connectivity index (χ0) is 39.7. The van der Waals surface area contributed by atoms with Crippen molar-refractivity contribution in [1.82, 2.24) is 4.90 Å². The lowest BCUT2D eigenvalue weighted by atomic mass is 9.71. The van der Waals surface area contributed by atoms with Crippen LogP contribution < -0.4 is 0 Å². The van der Waals surface area contributed by atoms with Gasteiger partial charge in [-0.1, -0.05) is 19.1 Å². The minimum Gasteiger partial charge on any atom is -0.507 e. The average molecular weight is 770 g/mol. The molecule has 0 aromatic heterocycles. The lowest BCUT2D eigenvalue weighted by molar-refractivity contribution is -0.328. The molecule has 2 aromatic rings. The van der Waals surface area contributed by atoms with E-state index in [1.165, 1.54) is 24.3 Å². The van der Waals surface area contributed by atoms with Gasteiger partial charge in [-0.15, -0.1) is 0 Å². The van der Waals surface area contributed by atoms with Gasteiger partial charge < -0.3 is 58.9 Å². The first kappa shape index (κ1) is 39.9. The van der Waals surface area contributed by atoms with E-state index in [1.807, 2.05) is 25.9 Å². The smallest absolute Gasteiger partial charge is 0.198 e. The molecule has 3 fully saturated rings. The number of aromatic hydroxyl groups is 2. The number of aliphatic hydroxyl groups is 3. The van der Waals surface area contributed by atoms with E-state index in [9.17, 15) is 39.9 Å². The largest absolute Gasteiger partial charge is 0.507 e. The first-order chi connectivity index (χ1) is 26.0. The summed E-state index contributed by atoms with van der Waals surface area (Å²) in [7, 11) is 3.75. The number of Topliss-reactive ketones (excluding diaryl/α,β-unsaturated/α-hetero) is 1. The number of hydrogen-bond donors (Lipinski definition) is 5. The summed E-state index contributed by atoms with van der Waals surface area (Å²) in [5.41, 5.74) is -2.32. The van der Waals surface area contributed by atoms with E-state index in [2.05, 4.69) is 0 Å². The lowest BCUT2D eigenvalue weighted by Crippen LogP contribution is -2.58. The minimum atomic E-state index is -1.71. The summed E-state index contributed by atoms with van der Waals surface area (Å²) in [4.78, 5) is 41.2. The van der Waals surface area contributed by atoms with Gasteiger partial charge in [-0.2, -0.15) is 0 Å². The molecular formula is C40H51NO14. The Morgan fingerprint density at radius 1 is 0.855 bits per heavy atom. The Bertz CT molecular complexity index is 1820. The fraction of sp³-hybridized carbons (Fsp3) is 0.625. The zero-order valence-corrected chi connectivity index (χ0v) is 31.8. The second-order valence-electron chi connectivity index (χ2n) is 15.7. The number of phenols is 2. The van der Waals surface area contributed by atoms with Crippen molar-refractivity contribution in [2.45, 2.75) is 146 Å². The summed E-state index contributed by atoms with van der Waals surface area (Å²) < 4.78 is 37.4. The molecule has 5 N–H and O–H groups in total. The molecule has 13 atom stereocenters. The third kappa shape index (κ3) is 7.13. The highest BCUT2D eigenvalue weighted by atomic mass is 16.7. The molecule has 0 radical (unpaired) electrons. The zero-order valence-electron chi connectivity index (χ0n) is 31.8. The summed E-state index contributed by atoms with van der Waals surface area (Å²) in [6.45, 7) is 6.98. The quantitative estimate of drug-likeness (QED) is 0.223. The molecule has 0 bridgehead atoms. The number of benzene rings is 2. The summed E-state index contributed by atoms with van der Waals surface area (Å²) in [6, 6.07) is 5.13. The van der Waals surface area contributed by atoms with Crippen molar-refractivity contribution in [3.8, 4) is 11.5 Å². The third-order valence-electron chi connectivity index (χ3n) is 11.9. The van der Waals surface area contributed by atoms with Gasteiger partial charge in [0.1, 0.15) is 35.9 Å². The molecule has 3 aliphatic heterocycles. The van der Waals surface area contributed by atoms with Gasteiger partial charge in [-0.3, -0.25) is 14.4 Å². The molecule has 12 unspecified atom stereocenters. The van der Waals surface area contributed by atoms with Gasteiger partial charge in [0.05, 0.1) is 41.1 Å². The van der Waals surface area contributed by atoms with E-state index >= 15 is 0 Å². The second kappa shape index (κ2) is 15.2. The number of rotatable bonds is 8. The summed E-state index contributed by atoms with van der Waals surface area (Å²) >= 11 is 0. The first-order valence-electron chi connectivity index (χ1n) is 19.0.